The highest BCUT2D eigenvalue weighted by Crippen LogP contribution is 2.34. The molecule has 0 radical (unpaired) electrons. The van der Waals surface area contributed by atoms with Crippen molar-refractivity contribution in [3.05, 3.63) is 40.3 Å². The fourth-order valence-corrected chi connectivity index (χ4v) is 3.15. The second-order valence-electron chi connectivity index (χ2n) is 5.44. The van der Waals surface area contributed by atoms with Crippen LogP contribution in [0.2, 0.25) is 5.02 Å². The number of aliphatic hydroxyl groups is 3. The summed E-state index contributed by atoms with van der Waals surface area (Å²) in [7, 11) is 0. The average Bonchev–Trinajstić information content (AvgIpc) is 2.84. The van der Waals surface area contributed by atoms with Crippen LogP contribution in [0, 0.1) is 4.77 Å². The van der Waals surface area contributed by atoms with E-state index in [2.05, 4.69) is 4.98 Å². The van der Waals surface area contributed by atoms with E-state index in [1.54, 1.807) is 30.5 Å². The number of nitrogens with zero attached hydrogens (tertiary/aromatic N) is 2. The number of aliphatic hydroxyl groups excluding tert-OH is 3. The first-order valence-corrected chi connectivity index (χ1v) is 7.98. The molecule has 9 heteroatoms. The first-order valence-electron chi connectivity index (χ1n) is 7.20. The van der Waals surface area contributed by atoms with Crippen LogP contribution in [0.3, 0.4) is 0 Å². The smallest absolute Gasteiger partial charge is 0.203 e. The molecule has 1 aromatic carbocycles. The minimum Gasteiger partial charge on any atom is -0.394 e. The molecule has 1 fully saturated rings. The van der Waals surface area contributed by atoms with Gasteiger partial charge in [-0.3, -0.25) is 4.57 Å². The topological polar surface area (TPSA) is 114 Å². The van der Waals surface area contributed by atoms with E-state index in [-0.39, 0.29) is 10.6 Å². The highest BCUT2D eigenvalue weighted by atomic mass is 35.5. The van der Waals surface area contributed by atoms with Gasteiger partial charge in [-0.1, -0.05) is 29.8 Å². The first-order chi connectivity index (χ1) is 11.4. The summed E-state index contributed by atoms with van der Waals surface area (Å²) in [5, 5.41) is 29.8. The Hall–Kier alpha value is -1.55. The van der Waals surface area contributed by atoms with Gasteiger partial charge >= 0.3 is 0 Å². The molecule has 7 nitrogen and oxygen atoms in total. The van der Waals surface area contributed by atoms with Gasteiger partial charge in [0.2, 0.25) is 4.77 Å². The van der Waals surface area contributed by atoms with Gasteiger partial charge in [-0.25, -0.2) is 4.98 Å². The van der Waals surface area contributed by atoms with Crippen LogP contribution >= 0.6 is 23.8 Å². The maximum absolute atomic E-state index is 10.2. The average molecular weight is 370 g/mol. The molecule has 3 rings (SSSR count). The Morgan fingerprint density at radius 3 is 2.58 bits per heavy atom. The van der Waals surface area contributed by atoms with Crippen LogP contribution in [0.4, 0.5) is 5.82 Å². The van der Waals surface area contributed by atoms with Gasteiger partial charge in [-0.15, -0.1) is 0 Å². The predicted octanol–water partition coefficient (Wildman–Crippen LogP) is 1.13. The molecule has 0 bridgehead atoms. The number of nitrogens with two attached hydrogens (primary N) is 1. The van der Waals surface area contributed by atoms with Crippen molar-refractivity contribution in [3.63, 3.8) is 0 Å². The summed E-state index contributed by atoms with van der Waals surface area (Å²) < 4.78 is 6.97. The molecule has 1 saturated heterocycles. The molecule has 0 saturated carbocycles. The van der Waals surface area contributed by atoms with Crippen LogP contribution < -0.4 is 5.73 Å². The van der Waals surface area contributed by atoms with Crippen molar-refractivity contribution in [1.82, 2.24) is 9.55 Å². The lowest BCUT2D eigenvalue weighted by Crippen LogP contribution is -2.33. The minimum absolute atomic E-state index is 0.0816. The summed E-state index contributed by atoms with van der Waals surface area (Å²) in [6, 6.07) is 7.09. The first kappa shape index (κ1) is 17.3. The standard InChI is InChI=1S/C15H16ClN3O4S/c16-9-4-2-1-3-7(9)8-5-19(15(24)18-13(8)17)14-12(22)11(21)10(6-20)23-14/h1-5,10-12,14,20-22H,6H2,(H2,17,18,24)/t10-,11?,12?,14-/m1/s1. The molecule has 5 N–H and O–H groups in total. The quantitative estimate of drug-likeness (QED) is 0.599. The molecule has 24 heavy (non-hydrogen) atoms. The van der Waals surface area contributed by atoms with Gasteiger partial charge < -0.3 is 25.8 Å². The van der Waals surface area contributed by atoms with Gasteiger partial charge in [0.15, 0.2) is 6.23 Å². The largest absolute Gasteiger partial charge is 0.394 e. The fourth-order valence-electron chi connectivity index (χ4n) is 2.66. The van der Waals surface area contributed by atoms with Crippen molar-refractivity contribution in [3.8, 4) is 11.1 Å². The van der Waals surface area contributed by atoms with Gasteiger partial charge in [0.1, 0.15) is 24.1 Å². The van der Waals surface area contributed by atoms with E-state index in [9.17, 15) is 15.3 Å². The predicted molar refractivity (Wildman–Crippen MR) is 90.9 cm³/mol. The number of rotatable bonds is 3. The highest BCUT2D eigenvalue weighted by molar-refractivity contribution is 7.71. The van der Waals surface area contributed by atoms with E-state index in [0.717, 1.165) is 0 Å². The second kappa shape index (κ2) is 6.75. The third kappa shape index (κ3) is 2.92. The summed E-state index contributed by atoms with van der Waals surface area (Å²) in [6.45, 7) is -0.429. The molecule has 0 spiro atoms. The molecule has 2 aromatic rings. The Bertz CT molecular complexity index is 816. The Morgan fingerprint density at radius 1 is 1.25 bits per heavy atom. The third-order valence-corrected chi connectivity index (χ3v) is 4.57. The molecule has 0 amide bonds. The van der Waals surface area contributed by atoms with Gasteiger partial charge in [0.25, 0.3) is 0 Å². The number of benzene rings is 1. The Kier molecular flexibility index (Phi) is 4.86. The fraction of sp³-hybridized carbons (Fsp3) is 0.333. The van der Waals surface area contributed by atoms with Gasteiger partial charge in [-0.2, -0.15) is 0 Å². The Morgan fingerprint density at radius 2 is 1.96 bits per heavy atom. The number of halogens is 1. The summed E-state index contributed by atoms with van der Waals surface area (Å²) >= 11 is 11.4. The van der Waals surface area contributed by atoms with Crippen LogP contribution in [0.25, 0.3) is 11.1 Å². The third-order valence-electron chi connectivity index (χ3n) is 3.94. The van der Waals surface area contributed by atoms with Crippen molar-refractivity contribution >= 4 is 29.6 Å². The van der Waals surface area contributed by atoms with Crippen LogP contribution in [0.5, 0.6) is 0 Å². The van der Waals surface area contributed by atoms with Crippen molar-refractivity contribution in [1.29, 1.82) is 0 Å². The molecular weight excluding hydrogens is 354 g/mol. The highest BCUT2D eigenvalue weighted by Gasteiger charge is 2.43. The molecule has 1 aromatic heterocycles. The minimum atomic E-state index is -1.27. The molecule has 2 unspecified atom stereocenters. The lowest BCUT2D eigenvalue weighted by Gasteiger charge is -2.20. The lowest BCUT2D eigenvalue weighted by atomic mass is 10.1. The summed E-state index contributed by atoms with van der Waals surface area (Å²) in [5.74, 6) is 0.191. The van der Waals surface area contributed by atoms with E-state index >= 15 is 0 Å². The van der Waals surface area contributed by atoms with Crippen molar-refractivity contribution in [2.45, 2.75) is 24.5 Å². The van der Waals surface area contributed by atoms with Crippen molar-refractivity contribution < 1.29 is 20.1 Å². The summed E-state index contributed by atoms with van der Waals surface area (Å²) in [6.07, 6.45) is -2.82. The van der Waals surface area contributed by atoms with E-state index in [0.29, 0.717) is 16.1 Å². The van der Waals surface area contributed by atoms with Crippen LogP contribution in [0.15, 0.2) is 30.5 Å². The Labute approximate surface area is 147 Å². The molecule has 1 aliphatic heterocycles. The van der Waals surface area contributed by atoms with Gasteiger partial charge in [0, 0.05) is 22.3 Å². The van der Waals surface area contributed by atoms with Crippen molar-refractivity contribution in [2.75, 3.05) is 12.3 Å². The lowest BCUT2D eigenvalue weighted by molar-refractivity contribution is -0.0540. The number of ether oxygens (including phenoxy) is 1. The zero-order valence-electron chi connectivity index (χ0n) is 12.4. The summed E-state index contributed by atoms with van der Waals surface area (Å²) in [5.41, 5.74) is 7.14. The molecule has 1 aliphatic rings. The molecule has 2 heterocycles. The number of anilines is 1. The van der Waals surface area contributed by atoms with Gasteiger partial charge in [0.05, 0.1) is 6.61 Å². The monoisotopic (exact) mass is 369 g/mol. The number of hydrogen-bond donors (Lipinski definition) is 4. The number of nitrogen functional groups attached to an aromatic ring is 1. The molecule has 128 valence electrons. The van der Waals surface area contributed by atoms with Gasteiger partial charge in [-0.05, 0) is 18.3 Å². The SMILES string of the molecule is Nc1nc(=S)n([C@@H]2O[C@H](CO)C(O)C2O)cc1-c1ccccc1Cl. The number of hydrogen-bond acceptors (Lipinski definition) is 7. The molecule has 4 atom stereocenters. The number of aromatic nitrogens is 2. The van der Waals surface area contributed by atoms with E-state index in [4.69, 9.17) is 34.3 Å². The van der Waals surface area contributed by atoms with E-state index in [1.165, 1.54) is 4.57 Å². The zero-order valence-corrected chi connectivity index (χ0v) is 14.0. The van der Waals surface area contributed by atoms with Crippen molar-refractivity contribution in [2.24, 2.45) is 0 Å². The molecular formula is C15H16ClN3O4S. The van der Waals surface area contributed by atoms with Crippen LogP contribution in [-0.2, 0) is 4.74 Å². The summed E-state index contributed by atoms with van der Waals surface area (Å²) in [4.78, 5) is 4.11. The second-order valence-corrected chi connectivity index (χ2v) is 6.21. The Balaban J connectivity index is 2.09. The normalized spacial score (nSPS) is 26.7. The maximum Gasteiger partial charge on any atom is 0.203 e. The van der Waals surface area contributed by atoms with E-state index in [1.807, 2.05) is 0 Å². The maximum atomic E-state index is 10.2. The van der Waals surface area contributed by atoms with E-state index < -0.39 is 31.1 Å². The molecule has 0 aliphatic carbocycles. The van der Waals surface area contributed by atoms with Crippen LogP contribution in [-0.4, -0.2) is 49.8 Å². The zero-order chi connectivity index (χ0) is 17.4. The van der Waals surface area contributed by atoms with Crippen LogP contribution in [0.1, 0.15) is 6.23 Å².